The van der Waals surface area contributed by atoms with Gasteiger partial charge in [0.1, 0.15) is 11.4 Å². The van der Waals surface area contributed by atoms with E-state index in [-0.39, 0.29) is 17.9 Å². The van der Waals surface area contributed by atoms with Gasteiger partial charge in [0.25, 0.3) is 5.91 Å². The summed E-state index contributed by atoms with van der Waals surface area (Å²) in [5, 5.41) is 8.83. The molecular formula is C31H37N5O4. The van der Waals surface area contributed by atoms with Crippen molar-refractivity contribution in [3.8, 4) is 11.4 Å². The van der Waals surface area contributed by atoms with E-state index in [1.807, 2.05) is 80.2 Å². The standard InChI is InChI=1S/C31H37N5O4/c1-31(2,3)40-30(38)35-16-13-21(14-17-35)28-26(20-34-36(28)23-8-6-5-7-9-23)29(37)32-15-12-22-19-33-27-11-10-24(39-4)18-25(22)27/h5-11,18-21,33H,12-17H2,1-4H3,(H,32,37). The first kappa shape index (κ1) is 27.3. The molecule has 0 aliphatic carbocycles. The number of ether oxygens (including phenoxy) is 2. The van der Waals surface area contributed by atoms with Crippen LogP contribution < -0.4 is 10.1 Å². The lowest BCUT2D eigenvalue weighted by atomic mass is 9.91. The second-order valence-electron chi connectivity index (χ2n) is 11.2. The van der Waals surface area contributed by atoms with E-state index in [0.29, 0.717) is 31.6 Å². The van der Waals surface area contributed by atoms with Gasteiger partial charge in [-0.25, -0.2) is 9.48 Å². The van der Waals surface area contributed by atoms with Crippen molar-refractivity contribution in [2.45, 2.75) is 51.6 Å². The second-order valence-corrected chi connectivity index (χ2v) is 11.2. The lowest BCUT2D eigenvalue weighted by molar-refractivity contribution is 0.0203. The van der Waals surface area contributed by atoms with Crippen LogP contribution in [0.25, 0.3) is 16.6 Å². The first-order valence-electron chi connectivity index (χ1n) is 13.8. The van der Waals surface area contributed by atoms with E-state index >= 15 is 0 Å². The molecular weight excluding hydrogens is 506 g/mol. The topological polar surface area (TPSA) is 101 Å². The molecule has 2 aromatic carbocycles. The number of aromatic nitrogens is 3. The fraction of sp³-hybridized carbons (Fsp3) is 0.387. The Morgan fingerprint density at radius 3 is 2.55 bits per heavy atom. The van der Waals surface area contributed by atoms with E-state index in [1.165, 1.54) is 0 Å². The molecule has 9 heteroatoms. The molecule has 3 heterocycles. The lowest BCUT2D eigenvalue weighted by Gasteiger charge is -2.34. The number of hydrogen-bond acceptors (Lipinski definition) is 5. The van der Waals surface area contributed by atoms with Gasteiger partial charge in [-0.2, -0.15) is 5.10 Å². The minimum atomic E-state index is -0.538. The van der Waals surface area contributed by atoms with Gasteiger partial charge in [0.15, 0.2) is 0 Å². The van der Waals surface area contributed by atoms with E-state index in [4.69, 9.17) is 9.47 Å². The van der Waals surface area contributed by atoms with Gasteiger partial charge in [0, 0.05) is 42.7 Å². The zero-order valence-electron chi connectivity index (χ0n) is 23.6. The number of benzene rings is 2. The van der Waals surface area contributed by atoms with Gasteiger partial charge in [0.05, 0.1) is 30.3 Å². The lowest BCUT2D eigenvalue weighted by Crippen LogP contribution is -2.41. The number of carbonyl (C=O) groups is 2. The third kappa shape index (κ3) is 5.98. The Morgan fingerprint density at radius 1 is 1.10 bits per heavy atom. The summed E-state index contributed by atoms with van der Waals surface area (Å²) >= 11 is 0. The van der Waals surface area contributed by atoms with Crippen LogP contribution in [0.1, 0.15) is 61.1 Å². The summed E-state index contributed by atoms with van der Waals surface area (Å²) < 4.78 is 12.8. The molecule has 0 bridgehead atoms. The van der Waals surface area contributed by atoms with Crippen LogP contribution >= 0.6 is 0 Å². The number of nitrogens with zero attached hydrogens (tertiary/aromatic N) is 3. The van der Waals surface area contributed by atoms with Crippen molar-refractivity contribution in [2.24, 2.45) is 0 Å². The Morgan fingerprint density at radius 2 is 1.85 bits per heavy atom. The summed E-state index contributed by atoms with van der Waals surface area (Å²) in [7, 11) is 1.66. The number of para-hydroxylation sites is 1. The van der Waals surface area contributed by atoms with Gasteiger partial charge in [-0.1, -0.05) is 18.2 Å². The molecule has 5 rings (SSSR count). The summed E-state index contributed by atoms with van der Waals surface area (Å²) in [6.45, 7) is 7.22. The maximum absolute atomic E-state index is 13.5. The van der Waals surface area contributed by atoms with Crippen LogP contribution in [0.2, 0.25) is 0 Å². The summed E-state index contributed by atoms with van der Waals surface area (Å²) in [5.74, 6) is 0.723. The molecule has 9 nitrogen and oxygen atoms in total. The fourth-order valence-electron chi connectivity index (χ4n) is 5.26. The maximum Gasteiger partial charge on any atom is 0.410 e. The molecule has 0 radical (unpaired) electrons. The van der Waals surface area contributed by atoms with E-state index in [0.717, 1.165) is 46.4 Å². The molecule has 210 valence electrons. The molecule has 1 saturated heterocycles. The number of piperidine rings is 1. The predicted molar refractivity (Wildman–Crippen MR) is 154 cm³/mol. The Balaban J connectivity index is 1.32. The van der Waals surface area contributed by atoms with Crippen molar-refractivity contribution < 1.29 is 19.1 Å². The minimum absolute atomic E-state index is 0.0724. The molecule has 40 heavy (non-hydrogen) atoms. The molecule has 2 amide bonds. The fourth-order valence-corrected chi connectivity index (χ4v) is 5.26. The van der Waals surface area contributed by atoms with Crippen molar-refractivity contribution in [1.29, 1.82) is 0 Å². The molecule has 1 aliphatic heterocycles. The van der Waals surface area contributed by atoms with Crippen LogP contribution in [-0.4, -0.2) is 64.0 Å². The van der Waals surface area contributed by atoms with E-state index in [9.17, 15) is 9.59 Å². The average Bonchev–Trinajstić information content (AvgIpc) is 3.57. The molecule has 0 unspecified atom stereocenters. The quantitative estimate of drug-likeness (QED) is 0.323. The molecule has 4 aromatic rings. The number of rotatable bonds is 7. The normalized spacial score (nSPS) is 14.3. The summed E-state index contributed by atoms with van der Waals surface area (Å²) in [6, 6.07) is 15.8. The highest BCUT2D eigenvalue weighted by molar-refractivity contribution is 5.95. The molecule has 0 saturated carbocycles. The molecule has 0 spiro atoms. The number of amides is 2. The van der Waals surface area contributed by atoms with Crippen molar-refractivity contribution in [3.63, 3.8) is 0 Å². The molecule has 1 fully saturated rings. The van der Waals surface area contributed by atoms with E-state index in [1.54, 1.807) is 18.2 Å². The van der Waals surface area contributed by atoms with Gasteiger partial charge >= 0.3 is 6.09 Å². The number of carbonyl (C=O) groups excluding carboxylic acids is 2. The third-order valence-corrected chi connectivity index (χ3v) is 7.24. The predicted octanol–water partition coefficient (Wildman–Crippen LogP) is 5.45. The highest BCUT2D eigenvalue weighted by Crippen LogP contribution is 2.33. The number of fused-ring (bicyclic) bond motifs is 1. The summed E-state index contributed by atoms with van der Waals surface area (Å²) in [6.07, 6.45) is 5.46. The van der Waals surface area contributed by atoms with Crippen LogP contribution in [0.15, 0.2) is 60.9 Å². The monoisotopic (exact) mass is 543 g/mol. The third-order valence-electron chi connectivity index (χ3n) is 7.24. The van der Waals surface area contributed by atoms with Crippen LogP contribution in [-0.2, 0) is 11.2 Å². The Bertz CT molecular complexity index is 1480. The van der Waals surface area contributed by atoms with Crippen LogP contribution in [0, 0.1) is 0 Å². The highest BCUT2D eigenvalue weighted by atomic mass is 16.6. The summed E-state index contributed by atoms with van der Waals surface area (Å²) in [4.78, 5) is 31.2. The largest absolute Gasteiger partial charge is 0.497 e. The molecule has 2 aromatic heterocycles. The SMILES string of the molecule is COc1ccc2[nH]cc(CCNC(=O)c3cnn(-c4ccccc4)c3C3CCN(C(=O)OC(C)(C)C)CC3)c2c1. The smallest absolute Gasteiger partial charge is 0.410 e. The number of likely N-dealkylation sites (tertiary alicyclic amines) is 1. The van der Waals surface area contributed by atoms with Crippen molar-refractivity contribution in [1.82, 2.24) is 25.0 Å². The Hall–Kier alpha value is -4.27. The molecule has 1 aliphatic rings. The number of hydrogen-bond donors (Lipinski definition) is 2. The van der Waals surface area contributed by atoms with Crippen molar-refractivity contribution in [2.75, 3.05) is 26.7 Å². The van der Waals surface area contributed by atoms with Gasteiger partial charge < -0.3 is 24.7 Å². The zero-order valence-corrected chi connectivity index (χ0v) is 23.6. The number of methoxy groups -OCH3 is 1. The zero-order chi connectivity index (χ0) is 28.3. The molecule has 0 atom stereocenters. The van der Waals surface area contributed by atoms with Gasteiger partial charge in [-0.05, 0) is 75.9 Å². The van der Waals surface area contributed by atoms with Crippen LogP contribution in [0.4, 0.5) is 4.79 Å². The van der Waals surface area contributed by atoms with E-state index < -0.39 is 5.60 Å². The molecule has 2 N–H and O–H groups in total. The number of aromatic amines is 1. The first-order chi connectivity index (χ1) is 19.2. The van der Waals surface area contributed by atoms with Gasteiger partial charge in [-0.3, -0.25) is 4.79 Å². The number of H-pyrrole nitrogens is 1. The maximum atomic E-state index is 13.5. The Kier molecular flexibility index (Phi) is 7.82. The van der Waals surface area contributed by atoms with Crippen LogP contribution in [0.3, 0.4) is 0 Å². The Labute approximate surface area is 234 Å². The minimum Gasteiger partial charge on any atom is -0.497 e. The van der Waals surface area contributed by atoms with Crippen LogP contribution in [0.5, 0.6) is 5.75 Å². The van der Waals surface area contributed by atoms with Gasteiger partial charge in [0.2, 0.25) is 0 Å². The average molecular weight is 544 g/mol. The summed E-state index contributed by atoms with van der Waals surface area (Å²) in [5.41, 5.74) is 3.96. The van der Waals surface area contributed by atoms with Crippen molar-refractivity contribution >= 4 is 22.9 Å². The first-order valence-corrected chi connectivity index (χ1v) is 13.8. The highest BCUT2D eigenvalue weighted by Gasteiger charge is 2.32. The van der Waals surface area contributed by atoms with Gasteiger partial charge in [-0.15, -0.1) is 0 Å². The van der Waals surface area contributed by atoms with Crippen molar-refractivity contribution in [3.05, 3.63) is 77.7 Å². The van der Waals surface area contributed by atoms with E-state index in [2.05, 4.69) is 15.4 Å². The number of nitrogens with one attached hydrogen (secondary N) is 2. The second kappa shape index (κ2) is 11.5.